The number of rotatable bonds is 4. The SMILES string of the molecule is CC(C)c1nc(Cn2ccn(C(C)C)c2=O)cs1. The van der Waals surface area contributed by atoms with Gasteiger partial charge in [-0.2, -0.15) is 0 Å². The highest BCUT2D eigenvalue weighted by Crippen LogP contribution is 2.19. The lowest BCUT2D eigenvalue weighted by Gasteiger charge is -2.04. The largest absolute Gasteiger partial charge is 0.328 e. The Balaban J connectivity index is 2.21. The van der Waals surface area contributed by atoms with E-state index in [2.05, 4.69) is 18.8 Å². The molecule has 0 aliphatic rings. The molecule has 2 aromatic rings. The summed E-state index contributed by atoms with van der Waals surface area (Å²) in [5.41, 5.74) is 0.997. The van der Waals surface area contributed by atoms with Gasteiger partial charge in [-0.25, -0.2) is 9.78 Å². The Hall–Kier alpha value is -1.36. The van der Waals surface area contributed by atoms with Gasteiger partial charge in [0.2, 0.25) is 0 Å². The van der Waals surface area contributed by atoms with E-state index in [0.29, 0.717) is 12.5 Å². The molecule has 0 amide bonds. The first-order valence-electron chi connectivity index (χ1n) is 6.20. The molecule has 0 aliphatic heterocycles. The van der Waals surface area contributed by atoms with Crippen LogP contribution in [0.1, 0.15) is 50.4 Å². The highest BCUT2D eigenvalue weighted by molar-refractivity contribution is 7.09. The molecule has 98 valence electrons. The van der Waals surface area contributed by atoms with Crippen LogP contribution in [0.3, 0.4) is 0 Å². The van der Waals surface area contributed by atoms with Gasteiger partial charge in [0.05, 0.1) is 17.2 Å². The van der Waals surface area contributed by atoms with Crippen LogP contribution in [-0.4, -0.2) is 14.1 Å². The van der Waals surface area contributed by atoms with E-state index >= 15 is 0 Å². The van der Waals surface area contributed by atoms with Crippen molar-refractivity contribution >= 4 is 11.3 Å². The van der Waals surface area contributed by atoms with Crippen molar-refractivity contribution in [2.45, 2.75) is 46.2 Å². The van der Waals surface area contributed by atoms with Crippen molar-refractivity contribution < 1.29 is 0 Å². The van der Waals surface area contributed by atoms with E-state index in [-0.39, 0.29) is 11.7 Å². The molecule has 0 N–H and O–H groups in total. The number of aromatic nitrogens is 3. The number of imidazole rings is 1. The molecule has 0 atom stereocenters. The standard InChI is InChI=1S/C13H19N3OS/c1-9(2)12-14-11(8-18-12)7-15-5-6-16(10(3)4)13(15)17/h5-6,8-10H,7H2,1-4H3. The van der Waals surface area contributed by atoms with Crippen LogP contribution in [0.5, 0.6) is 0 Å². The number of hydrogen-bond donors (Lipinski definition) is 0. The summed E-state index contributed by atoms with van der Waals surface area (Å²) in [5, 5.41) is 3.16. The number of thiazole rings is 1. The molecule has 0 fully saturated rings. The maximum Gasteiger partial charge on any atom is 0.328 e. The maximum absolute atomic E-state index is 12.1. The third kappa shape index (κ3) is 2.56. The first-order valence-corrected chi connectivity index (χ1v) is 7.08. The second-order valence-corrected chi connectivity index (χ2v) is 5.93. The van der Waals surface area contributed by atoms with Crippen molar-refractivity contribution in [1.82, 2.24) is 14.1 Å². The summed E-state index contributed by atoms with van der Waals surface area (Å²) in [6.07, 6.45) is 3.67. The first kappa shape index (κ1) is 13.1. The predicted octanol–water partition coefficient (Wildman–Crippen LogP) is 2.86. The van der Waals surface area contributed by atoms with Crippen LogP contribution >= 0.6 is 11.3 Å². The van der Waals surface area contributed by atoms with Gasteiger partial charge in [-0.05, 0) is 13.8 Å². The second-order valence-electron chi connectivity index (χ2n) is 5.04. The van der Waals surface area contributed by atoms with Gasteiger partial charge in [0.25, 0.3) is 0 Å². The van der Waals surface area contributed by atoms with Crippen LogP contribution < -0.4 is 5.69 Å². The average Bonchev–Trinajstić information content (AvgIpc) is 2.87. The zero-order valence-electron chi connectivity index (χ0n) is 11.3. The van der Waals surface area contributed by atoms with Crippen LogP contribution in [0, 0.1) is 0 Å². The summed E-state index contributed by atoms with van der Waals surface area (Å²) in [5.74, 6) is 0.445. The van der Waals surface area contributed by atoms with Gasteiger partial charge in [0.1, 0.15) is 0 Å². The van der Waals surface area contributed by atoms with Crippen molar-refractivity contribution in [3.05, 3.63) is 39.0 Å². The monoisotopic (exact) mass is 265 g/mol. The van der Waals surface area contributed by atoms with E-state index in [1.54, 1.807) is 20.5 Å². The Bertz CT molecular complexity index is 577. The molecule has 0 bridgehead atoms. The fourth-order valence-corrected chi connectivity index (χ4v) is 2.60. The van der Waals surface area contributed by atoms with Crippen LogP contribution in [-0.2, 0) is 6.54 Å². The van der Waals surface area contributed by atoms with Crippen LogP contribution in [0.4, 0.5) is 0 Å². The highest BCUT2D eigenvalue weighted by atomic mass is 32.1. The summed E-state index contributed by atoms with van der Waals surface area (Å²) in [6.45, 7) is 8.83. The molecule has 5 heteroatoms. The lowest BCUT2D eigenvalue weighted by Crippen LogP contribution is -2.25. The lowest BCUT2D eigenvalue weighted by molar-refractivity contribution is 0.560. The van der Waals surface area contributed by atoms with Crippen molar-refractivity contribution in [3.63, 3.8) is 0 Å². The Morgan fingerprint density at radius 2 is 2.00 bits per heavy atom. The zero-order valence-corrected chi connectivity index (χ0v) is 12.1. The Morgan fingerprint density at radius 3 is 2.50 bits per heavy atom. The average molecular weight is 265 g/mol. The third-order valence-electron chi connectivity index (χ3n) is 2.83. The summed E-state index contributed by atoms with van der Waals surface area (Å²) < 4.78 is 3.44. The molecule has 2 rings (SSSR count). The Morgan fingerprint density at radius 1 is 1.28 bits per heavy atom. The zero-order chi connectivity index (χ0) is 13.3. The van der Waals surface area contributed by atoms with Crippen LogP contribution in [0.25, 0.3) is 0 Å². The lowest BCUT2D eigenvalue weighted by atomic mass is 10.2. The minimum absolute atomic E-state index is 0.0316. The molecule has 18 heavy (non-hydrogen) atoms. The minimum Gasteiger partial charge on any atom is -0.297 e. The van der Waals surface area contributed by atoms with Crippen LogP contribution in [0.2, 0.25) is 0 Å². The van der Waals surface area contributed by atoms with E-state index in [1.807, 2.05) is 31.6 Å². The fraction of sp³-hybridized carbons (Fsp3) is 0.538. The Kier molecular flexibility index (Phi) is 3.71. The van der Waals surface area contributed by atoms with Crippen molar-refractivity contribution in [2.75, 3.05) is 0 Å². The molecule has 2 aromatic heterocycles. The quantitative estimate of drug-likeness (QED) is 0.852. The van der Waals surface area contributed by atoms with Gasteiger partial charge in [0.15, 0.2) is 0 Å². The number of nitrogens with zero attached hydrogens (tertiary/aromatic N) is 3. The van der Waals surface area contributed by atoms with Gasteiger partial charge >= 0.3 is 5.69 Å². The molecular weight excluding hydrogens is 246 g/mol. The van der Waals surface area contributed by atoms with Gasteiger partial charge in [-0.1, -0.05) is 13.8 Å². The Labute approximate surface area is 111 Å². The van der Waals surface area contributed by atoms with Crippen molar-refractivity contribution in [2.24, 2.45) is 0 Å². The molecule has 0 aliphatic carbocycles. The molecule has 2 heterocycles. The fourth-order valence-electron chi connectivity index (χ4n) is 1.78. The van der Waals surface area contributed by atoms with Crippen molar-refractivity contribution in [3.8, 4) is 0 Å². The smallest absolute Gasteiger partial charge is 0.297 e. The number of hydrogen-bond acceptors (Lipinski definition) is 3. The summed E-state index contributed by atoms with van der Waals surface area (Å²) in [4.78, 5) is 16.6. The molecule has 0 saturated heterocycles. The van der Waals surface area contributed by atoms with Crippen LogP contribution in [0.15, 0.2) is 22.6 Å². The van der Waals surface area contributed by atoms with Gasteiger partial charge in [-0.3, -0.25) is 9.13 Å². The van der Waals surface area contributed by atoms with E-state index in [4.69, 9.17) is 0 Å². The predicted molar refractivity (Wildman–Crippen MR) is 74.4 cm³/mol. The highest BCUT2D eigenvalue weighted by Gasteiger charge is 2.09. The van der Waals surface area contributed by atoms with Crippen molar-refractivity contribution in [1.29, 1.82) is 0 Å². The molecular formula is C13H19N3OS. The molecule has 0 spiro atoms. The molecule has 4 nitrogen and oxygen atoms in total. The van der Waals surface area contributed by atoms with E-state index < -0.39 is 0 Å². The van der Waals surface area contributed by atoms with E-state index in [0.717, 1.165) is 10.7 Å². The normalized spacial score (nSPS) is 11.7. The second kappa shape index (κ2) is 5.10. The summed E-state index contributed by atoms with van der Waals surface area (Å²) >= 11 is 1.66. The molecule has 0 aromatic carbocycles. The third-order valence-corrected chi connectivity index (χ3v) is 4.02. The molecule has 0 saturated carbocycles. The summed E-state index contributed by atoms with van der Waals surface area (Å²) in [7, 11) is 0. The van der Waals surface area contributed by atoms with Gasteiger partial charge in [0, 0.05) is 29.7 Å². The maximum atomic E-state index is 12.1. The minimum atomic E-state index is 0.0316. The topological polar surface area (TPSA) is 39.8 Å². The summed E-state index contributed by atoms with van der Waals surface area (Å²) in [6, 6.07) is 0.195. The first-order chi connectivity index (χ1) is 8.49. The molecule has 0 radical (unpaired) electrons. The van der Waals surface area contributed by atoms with E-state index in [1.165, 1.54) is 0 Å². The van der Waals surface area contributed by atoms with Gasteiger partial charge in [-0.15, -0.1) is 11.3 Å². The molecule has 0 unspecified atom stereocenters. The van der Waals surface area contributed by atoms with Gasteiger partial charge < -0.3 is 0 Å². The van der Waals surface area contributed by atoms with E-state index in [9.17, 15) is 4.79 Å².